The number of rotatable bonds is 2. The van der Waals surface area contributed by atoms with E-state index in [9.17, 15) is 29.5 Å². The molecule has 3 fully saturated rings. The molecule has 1 aromatic carbocycles. The first-order valence-corrected chi connectivity index (χ1v) is 15.6. The van der Waals surface area contributed by atoms with Gasteiger partial charge in [0, 0.05) is 13.0 Å². The topological polar surface area (TPSA) is 164 Å². The highest BCUT2D eigenvalue weighted by molar-refractivity contribution is 5.90. The summed E-state index contributed by atoms with van der Waals surface area (Å²) >= 11 is 0. The Morgan fingerprint density at radius 2 is 1.82 bits per heavy atom. The van der Waals surface area contributed by atoms with Gasteiger partial charge in [-0.05, 0) is 75.0 Å². The molecular formula is C32H37N5O7. The molecule has 12 nitrogen and oxygen atoms in total. The molecule has 2 saturated carbocycles. The van der Waals surface area contributed by atoms with Crippen molar-refractivity contribution in [3.8, 4) is 12.1 Å². The van der Waals surface area contributed by atoms with E-state index in [1.54, 1.807) is 12.1 Å². The van der Waals surface area contributed by atoms with E-state index in [2.05, 4.69) is 16.4 Å². The van der Waals surface area contributed by atoms with Gasteiger partial charge in [-0.15, -0.1) is 0 Å². The first-order chi connectivity index (χ1) is 21.3. The number of fused-ring (bicyclic) bond motifs is 5. The van der Waals surface area contributed by atoms with E-state index in [1.807, 2.05) is 12.2 Å². The predicted octanol–water partition coefficient (Wildman–Crippen LogP) is 3.50. The van der Waals surface area contributed by atoms with Crippen LogP contribution in [0.3, 0.4) is 0 Å². The maximum atomic E-state index is 14.0. The van der Waals surface area contributed by atoms with Crippen LogP contribution in [0.15, 0.2) is 35.1 Å². The number of aromatic nitrogens is 2. The third kappa shape index (κ3) is 6.00. The van der Waals surface area contributed by atoms with Gasteiger partial charge in [-0.25, -0.2) is 9.59 Å². The number of hydrogen-bond donors (Lipinski definition) is 2. The molecule has 1 saturated heterocycles. The zero-order valence-electron chi connectivity index (χ0n) is 24.5. The van der Waals surface area contributed by atoms with Crippen LogP contribution in [0.25, 0.3) is 10.9 Å². The van der Waals surface area contributed by atoms with Crippen LogP contribution in [0.1, 0.15) is 69.8 Å². The molecule has 1 aromatic heterocycles. The minimum atomic E-state index is -1.18. The number of carboxylic acids is 1. The molecule has 0 unspecified atom stereocenters. The Balaban J connectivity index is 1.38. The van der Waals surface area contributed by atoms with Crippen molar-refractivity contribution < 1.29 is 29.0 Å². The van der Waals surface area contributed by atoms with Gasteiger partial charge in [0.05, 0.1) is 29.1 Å². The maximum absolute atomic E-state index is 14.0. The molecule has 2 aliphatic heterocycles. The summed E-state index contributed by atoms with van der Waals surface area (Å²) in [5, 5.41) is 22.7. The lowest BCUT2D eigenvalue weighted by Gasteiger charge is -2.31. The number of amides is 2. The highest BCUT2D eigenvalue weighted by Gasteiger charge is 2.46. The van der Waals surface area contributed by atoms with Gasteiger partial charge in [0.2, 0.25) is 5.91 Å². The van der Waals surface area contributed by atoms with Crippen molar-refractivity contribution in [2.24, 2.45) is 11.8 Å². The van der Waals surface area contributed by atoms with Gasteiger partial charge in [0.15, 0.2) is 0 Å². The van der Waals surface area contributed by atoms with Gasteiger partial charge >= 0.3 is 12.1 Å². The fraction of sp³-hybridized carbons (Fsp3) is 0.562. The number of nitrogens with one attached hydrogen (secondary N) is 1. The first kappa shape index (κ1) is 29.7. The molecule has 3 heterocycles. The van der Waals surface area contributed by atoms with Crippen LogP contribution in [-0.2, 0) is 20.9 Å². The average molecular weight is 604 g/mol. The van der Waals surface area contributed by atoms with Crippen LogP contribution in [-0.4, -0.2) is 68.4 Å². The molecule has 6 rings (SSSR count). The van der Waals surface area contributed by atoms with Crippen molar-refractivity contribution in [2.75, 3.05) is 6.54 Å². The Hall–Kier alpha value is -4.40. The summed E-state index contributed by atoms with van der Waals surface area (Å²) in [6, 6.07) is 4.61. The summed E-state index contributed by atoms with van der Waals surface area (Å²) in [4.78, 5) is 59.1. The molecule has 2 amide bonds. The van der Waals surface area contributed by atoms with Crippen LogP contribution in [0.5, 0.6) is 6.01 Å². The minimum absolute atomic E-state index is 0.00306. The highest BCUT2D eigenvalue weighted by Crippen LogP contribution is 2.34. The molecule has 0 spiro atoms. The second-order valence-corrected chi connectivity index (χ2v) is 12.3. The molecule has 2 aromatic rings. The molecule has 2 N–H and O–H groups in total. The van der Waals surface area contributed by atoms with Crippen molar-refractivity contribution in [3.63, 3.8) is 0 Å². The predicted molar refractivity (Wildman–Crippen MR) is 158 cm³/mol. The monoisotopic (exact) mass is 603 g/mol. The number of carbonyl (C=O) groups is 3. The van der Waals surface area contributed by atoms with Crippen LogP contribution >= 0.6 is 0 Å². The first-order valence-electron chi connectivity index (χ1n) is 15.6. The van der Waals surface area contributed by atoms with Crippen LogP contribution in [0.2, 0.25) is 0 Å². The lowest BCUT2D eigenvalue weighted by molar-refractivity contribution is -0.149. The lowest BCUT2D eigenvalue weighted by Crippen LogP contribution is -2.55. The van der Waals surface area contributed by atoms with E-state index in [0.717, 1.165) is 57.8 Å². The quantitative estimate of drug-likeness (QED) is 0.489. The van der Waals surface area contributed by atoms with E-state index in [-0.39, 0.29) is 49.0 Å². The summed E-state index contributed by atoms with van der Waals surface area (Å²) in [5.74, 6) is -1.59. The van der Waals surface area contributed by atoms with Gasteiger partial charge in [0.25, 0.3) is 11.6 Å². The summed E-state index contributed by atoms with van der Waals surface area (Å²) in [6.45, 7) is 0.119. The van der Waals surface area contributed by atoms with Crippen LogP contribution in [0, 0.1) is 23.2 Å². The molecular weight excluding hydrogens is 566 g/mol. The number of aliphatic carboxylic acids is 1. The van der Waals surface area contributed by atoms with Gasteiger partial charge in [-0.1, -0.05) is 25.0 Å². The number of carbonyl (C=O) groups excluding carboxylic acids is 2. The number of nitriles is 1. The van der Waals surface area contributed by atoms with Gasteiger partial charge in [0.1, 0.15) is 24.3 Å². The number of alkyl carbamates (subject to hydrolysis) is 1. The van der Waals surface area contributed by atoms with Gasteiger partial charge < -0.3 is 24.8 Å². The molecule has 232 valence electrons. The molecule has 2 bridgehead atoms. The van der Waals surface area contributed by atoms with Crippen molar-refractivity contribution in [1.29, 1.82) is 5.26 Å². The number of hydrogen-bond acceptors (Lipinski definition) is 8. The zero-order valence-corrected chi connectivity index (χ0v) is 24.5. The van der Waals surface area contributed by atoms with Crippen molar-refractivity contribution in [1.82, 2.24) is 19.8 Å². The second-order valence-electron chi connectivity index (χ2n) is 12.3. The molecule has 12 heteroatoms. The Bertz CT molecular complexity index is 1570. The highest BCUT2D eigenvalue weighted by atomic mass is 16.6. The largest absolute Gasteiger partial charge is 0.480 e. The zero-order chi connectivity index (χ0) is 30.8. The number of benzene rings is 1. The lowest BCUT2D eigenvalue weighted by atomic mass is 9.96. The number of allylic oxidation sites excluding steroid dienone is 2. The summed E-state index contributed by atoms with van der Waals surface area (Å²) in [5.41, 5.74) is 0.290. The molecule has 2 aliphatic carbocycles. The van der Waals surface area contributed by atoms with Crippen LogP contribution < -0.4 is 15.6 Å². The Kier molecular flexibility index (Phi) is 8.55. The molecule has 0 radical (unpaired) electrons. The standard InChI is InChI=1S/C32H37N5O7/c33-17-19-12-13-23-24(15-19)34-31-36(28(23)38)14-5-1-2-7-20-10-6-11-26(20)44-32(42)35-27(21-8-3-4-9-21)29(39)37-18-22(43-31)16-25(37)30(40)41/h1,5,12-13,15,20-22,25-27H,2-4,6-11,14,16,18H2,(H,35,42)(H,40,41)/t20-,22-,25+,26-,27+/m1/s1. The molecule has 4 aliphatic rings. The van der Waals surface area contributed by atoms with Gasteiger partial charge in [-0.2, -0.15) is 10.2 Å². The smallest absolute Gasteiger partial charge is 0.408 e. The third-order valence-electron chi connectivity index (χ3n) is 9.57. The van der Waals surface area contributed by atoms with Crippen molar-refractivity contribution >= 4 is 28.9 Å². The van der Waals surface area contributed by atoms with Crippen molar-refractivity contribution in [3.05, 3.63) is 46.3 Å². The SMILES string of the molecule is N#Cc1ccc2c(=O)n3c(nc2c1)O[C@@H]1C[C@@H](C(=O)O)N(C1)C(=O)[C@H](C1CCCC1)NC(=O)O[C@@H]1CCC[C@H]1CCC=CC3. The van der Waals surface area contributed by atoms with Gasteiger partial charge in [-0.3, -0.25) is 14.2 Å². The average Bonchev–Trinajstić information content (AvgIpc) is 3.78. The fourth-order valence-electron chi connectivity index (χ4n) is 7.28. The van der Waals surface area contributed by atoms with E-state index >= 15 is 0 Å². The Morgan fingerprint density at radius 1 is 1.02 bits per heavy atom. The van der Waals surface area contributed by atoms with E-state index in [1.165, 1.54) is 15.5 Å². The second kappa shape index (κ2) is 12.7. The van der Waals surface area contributed by atoms with E-state index < -0.39 is 36.2 Å². The summed E-state index contributed by atoms with van der Waals surface area (Å²) in [7, 11) is 0. The summed E-state index contributed by atoms with van der Waals surface area (Å²) < 4.78 is 13.5. The normalized spacial score (nSPS) is 28.2. The number of carboxylic acid groups (broad SMARTS) is 1. The van der Waals surface area contributed by atoms with E-state index in [0.29, 0.717) is 16.5 Å². The third-order valence-corrected chi connectivity index (χ3v) is 9.57. The number of nitrogens with zero attached hydrogens (tertiary/aromatic N) is 4. The maximum Gasteiger partial charge on any atom is 0.408 e. The minimum Gasteiger partial charge on any atom is -0.480 e. The molecule has 5 atom stereocenters. The van der Waals surface area contributed by atoms with Crippen LogP contribution in [0.4, 0.5) is 4.79 Å². The fourth-order valence-corrected chi connectivity index (χ4v) is 7.28. The van der Waals surface area contributed by atoms with Crippen molar-refractivity contribution in [2.45, 2.75) is 95.0 Å². The Labute approximate surface area is 254 Å². The number of ether oxygens (including phenoxy) is 2. The Morgan fingerprint density at radius 3 is 2.59 bits per heavy atom. The summed E-state index contributed by atoms with van der Waals surface area (Å²) in [6.07, 6.45) is 9.69. The molecule has 44 heavy (non-hydrogen) atoms. The van der Waals surface area contributed by atoms with E-state index in [4.69, 9.17) is 9.47 Å².